The first-order chi connectivity index (χ1) is 13.3. The molecule has 1 aromatic heterocycles. The van der Waals surface area contributed by atoms with Crippen LogP contribution in [-0.4, -0.2) is 37.4 Å². The maximum Gasteiger partial charge on any atom is 0.164 e. The molecule has 0 radical (unpaired) electrons. The van der Waals surface area contributed by atoms with Crippen LogP contribution in [0.2, 0.25) is 0 Å². The summed E-state index contributed by atoms with van der Waals surface area (Å²) < 4.78 is 22.3. The molecule has 27 heavy (non-hydrogen) atoms. The Balaban J connectivity index is 1.46. The van der Waals surface area contributed by atoms with Crippen LogP contribution in [0.5, 0.6) is 23.0 Å². The van der Waals surface area contributed by atoms with Crippen molar-refractivity contribution >= 4 is 11.0 Å². The van der Waals surface area contributed by atoms with E-state index in [0.717, 1.165) is 51.8 Å². The second-order valence-corrected chi connectivity index (χ2v) is 6.33. The van der Waals surface area contributed by atoms with E-state index in [1.54, 1.807) is 14.2 Å². The van der Waals surface area contributed by atoms with E-state index in [0.29, 0.717) is 26.3 Å². The summed E-state index contributed by atoms with van der Waals surface area (Å²) in [4.78, 5) is 7.91. The van der Waals surface area contributed by atoms with Gasteiger partial charge in [0.15, 0.2) is 11.5 Å². The van der Waals surface area contributed by atoms with Crippen molar-refractivity contribution in [3.05, 3.63) is 41.7 Å². The van der Waals surface area contributed by atoms with Gasteiger partial charge in [-0.3, -0.25) is 0 Å². The van der Waals surface area contributed by atoms with E-state index in [1.165, 1.54) is 0 Å². The summed E-state index contributed by atoms with van der Waals surface area (Å²) >= 11 is 0. The normalized spacial score (nSPS) is 13.4. The molecular formula is C20H23N3O4. The van der Waals surface area contributed by atoms with Crippen molar-refractivity contribution in [3.63, 3.8) is 0 Å². The van der Waals surface area contributed by atoms with Gasteiger partial charge in [0.25, 0.3) is 0 Å². The first-order valence-electron chi connectivity index (χ1n) is 8.96. The van der Waals surface area contributed by atoms with Crippen molar-refractivity contribution in [1.29, 1.82) is 0 Å². The van der Waals surface area contributed by atoms with Gasteiger partial charge in [0.1, 0.15) is 17.3 Å². The number of imidazole rings is 1. The van der Waals surface area contributed by atoms with Crippen LogP contribution >= 0.6 is 0 Å². The van der Waals surface area contributed by atoms with E-state index in [1.807, 2.05) is 30.3 Å². The third-order valence-electron chi connectivity index (χ3n) is 4.50. The van der Waals surface area contributed by atoms with E-state index >= 15 is 0 Å². The van der Waals surface area contributed by atoms with Crippen molar-refractivity contribution in [3.8, 4) is 23.0 Å². The van der Waals surface area contributed by atoms with Gasteiger partial charge in [-0.2, -0.15) is 0 Å². The van der Waals surface area contributed by atoms with E-state index in [2.05, 4.69) is 15.3 Å². The molecule has 142 valence electrons. The maximum absolute atomic E-state index is 5.78. The molecule has 4 rings (SSSR count). The quantitative estimate of drug-likeness (QED) is 0.695. The van der Waals surface area contributed by atoms with Crippen molar-refractivity contribution in [2.24, 2.45) is 0 Å². The molecule has 0 spiro atoms. The molecule has 0 fully saturated rings. The summed E-state index contributed by atoms with van der Waals surface area (Å²) in [7, 11) is 3.32. The Morgan fingerprint density at radius 1 is 1.04 bits per heavy atom. The van der Waals surface area contributed by atoms with Crippen LogP contribution in [0.4, 0.5) is 0 Å². The van der Waals surface area contributed by atoms with Crippen LogP contribution in [0.1, 0.15) is 17.8 Å². The number of hydrogen-bond donors (Lipinski definition) is 2. The molecule has 1 aliphatic rings. The van der Waals surface area contributed by atoms with Crippen LogP contribution < -0.4 is 24.3 Å². The van der Waals surface area contributed by atoms with Crippen LogP contribution in [-0.2, 0) is 13.1 Å². The van der Waals surface area contributed by atoms with Gasteiger partial charge in [-0.15, -0.1) is 0 Å². The number of nitrogens with one attached hydrogen (secondary N) is 2. The van der Waals surface area contributed by atoms with Crippen molar-refractivity contribution in [2.75, 3.05) is 27.4 Å². The van der Waals surface area contributed by atoms with Gasteiger partial charge in [0.2, 0.25) is 0 Å². The predicted octanol–water partition coefficient (Wildman–Crippen LogP) is 3.03. The van der Waals surface area contributed by atoms with Crippen LogP contribution in [0.15, 0.2) is 30.3 Å². The highest BCUT2D eigenvalue weighted by Crippen LogP contribution is 2.36. The van der Waals surface area contributed by atoms with Crippen molar-refractivity contribution in [1.82, 2.24) is 15.3 Å². The molecule has 2 heterocycles. The Morgan fingerprint density at radius 3 is 2.63 bits per heavy atom. The fourth-order valence-corrected chi connectivity index (χ4v) is 3.13. The van der Waals surface area contributed by atoms with Gasteiger partial charge in [-0.1, -0.05) is 0 Å². The summed E-state index contributed by atoms with van der Waals surface area (Å²) in [5, 5.41) is 3.40. The molecule has 7 heteroatoms. The molecule has 0 bridgehead atoms. The fourth-order valence-electron chi connectivity index (χ4n) is 3.13. The Labute approximate surface area is 157 Å². The van der Waals surface area contributed by atoms with Gasteiger partial charge in [-0.05, 0) is 18.2 Å². The molecule has 2 aromatic carbocycles. The van der Waals surface area contributed by atoms with Crippen molar-refractivity contribution < 1.29 is 18.9 Å². The number of rotatable bonds is 6. The van der Waals surface area contributed by atoms with Gasteiger partial charge in [0, 0.05) is 30.7 Å². The number of hydrogen-bond acceptors (Lipinski definition) is 6. The minimum Gasteiger partial charge on any atom is -0.497 e. The van der Waals surface area contributed by atoms with E-state index < -0.39 is 0 Å². The van der Waals surface area contributed by atoms with Crippen molar-refractivity contribution in [2.45, 2.75) is 19.5 Å². The zero-order chi connectivity index (χ0) is 18.6. The lowest BCUT2D eigenvalue weighted by Gasteiger charge is -2.14. The average molecular weight is 369 g/mol. The highest BCUT2D eigenvalue weighted by molar-refractivity contribution is 5.76. The summed E-state index contributed by atoms with van der Waals surface area (Å²) in [5.74, 6) is 3.95. The number of aromatic nitrogens is 2. The molecule has 2 N–H and O–H groups in total. The largest absolute Gasteiger partial charge is 0.497 e. The molecule has 0 atom stereocenters. The van der Waals surface area contributed by atoms with E-state index in [4.69, 9.17) is 18.9 Å². The van der Waals surface area contributed by atoms with Crippen LogP contribution in [0.25, 0.3) is 11.0 Å². The van der Waals surface area contributed by atoms with E-state index in [-0.39, 0.29) is 0 Å². The molecule has 0 aliphatic carbocycles. The average Bonchev–Trinajstić information content (AvgIpc) is 2.95. The number of aromatic amines is 1. The Bertz CT molecular complexity index is 938. The molecule has 3 aromatic rings. The predicted molar refractivity (Wildman–Crippen MR) is 102 cm³/mol. The number of ether oxygens (including phenoxy) is 4. The highest BCUT2D eigenvalue weighted by Gasteiger charge is 2.15. The molecule has 0 saturated carbocycles. The molecule has 0 unspecified atom stereocenters. The molecular weight excluding hydrogens is 346 g/mol. The fraction of sp³-hybridized carbons (Fsp3) is 0.350. The van der Waals surface area contributed by atoms with Gasteiger partial charge in [-0.25, -0.2) is 4.98 Å². The number of H-pyrrole nitrogens is 1. The monoisotopic (exact) mass is 369 g/mol. The van der Waals surface area contributed by atoms with Crippen LogP contribution in [0.3, 0.4) is 0 Å². The highest BCUT2D eigenvalue weighted by atomic mass is 16.5. The van der Waals surface area contributed by atoms with E-state index in [9.17, 15) is 0 Å². The third-order valence-corrected chi connectivity index (χ3v) is 4.50. The molecule has 7 nitrogen and oxygen atoms in total. The second-order valence-electron chi connectivity index (χ2n) is 6.33. The third kappa shape index (κ3) is 3.78. The lowest BCUT2D eigenvalue weighted by Crippen LogP contribution is -2.14. The standard InChI is InChI=1S/C20H23N3O4/c1-24-14-4-5-15-16(9-14)23-20(22-15)12-21-11-13-8-18-19(10-17(13)25-2)27-7-3-6-26-18/h4-5,8-10,21H,3,6-7,11-12H2,1-2H3,(H,22,23). The first kappa shape index (κ1) is 17.5. The topological polar surface area (TPSA) is 77.6 Å². The Hall–Kier alpha value is -2.93. The Kier molecular flexibility index (Phi) is 5.02. The zero-order valence-corrected chi connectivity index (χ0v) is 15.5. The molecule has 1 aliphatic heterocycles. The number of benzene rings is 2. The number of fused-ring (bicyclic) bond motifs is 2. The summed E-state index contributed by atoms with van der Waals surface area (Å²) in [6.07, 6.45) is 0.876. The maximum atomic E-state index is 5.78. The Morgan fingerprint density at radius 2 is 1.85 bits per heavy atom. The van der Waals surface area contributed by atoms with Crippen LogP contribution in [0, 0.1) is 0 Å². The molecule has 0 amide bonds. The first-order valence-corrected chi connectivity index (χ1v) is 8.96. The number of methoxy groups -OCH3 is 2. The lowest BCUT2D eigenvalue weighted by atomic mass is 10.1. The summed E-state index contributed by atoms with van der Waals surface area (Å²) in [5.41, 5.74) is 2.89. The number of nitrogens with zero attached hydrogens (tertiary/aromatic N) is 1. The lowest BCUT2D eigenvalue weighted by molar-refractivity contribution is 0.296. The summed E-state index contributed by atoms with van der Waals surface area (Å²) in [6.45, 7) is 2.55. The minimum absolute atomic E-state index is 0.606. The van der Waals surface area contributed by atoms with Gasteiger partial charge in [0.05, 0.1) is 45.0 Å². The minimum atomic E-state index is 0.606. The van der Waals surface area contributed by atoms with Gasteiger partial charge >= 0.3 is 0 Å². The summed E-state index contributed by atoms with van der Waals surface area (Å²) in [6, 6.07) is 9.67. The zero-order valence-electron chi connectivity index (χ0n) is 15.5. The van der Waals surface area contributed by atoms with Gasteiger partial charge < -0.3 is 29.2 Å². The molecule has 0 saturated heterocycles. The SMILES string of the molecule is COc1ccc2nc(CNCc3cc4c(cc3OC)OCCCO4)[nH]c2c1. The smallest absolute Gasteiger partial charge is 0.164 e. The second kappa shape index (κ2) is 7.75.